The number of anilines is 1. The molecular weight excluding hydrogens is 456 g/mol. The Morgan fingerprint density at radius 3 is 2.81 bits per heavy atom. The first-order valence-electron chi connectivity index (χ1n) is 12.7. The first-order chi connectivity index (χ1) is 17.6. The molecule has 5 rings (SSSR count). The normalized spacial score (nSPS) is 18.3. The third kappa shape index (κ3) is 4.85. The number of nitrogens with zero attached hydrogens (tertiary/aromatic N) is 4. The molecule has 0 spiro atoms. The third-order valence-electron chi connectivity index (χ3n) is 7.30. The molecule has 0 radical (unpaired) electrons. The zero-order valence-electron chi connectivity index (χ0n) is 21.0. The molecule has 1 saturated carbocycles. The number of ketones is 1. The number of carbonyl (C=O) groups excluding carboxylic acids is 1. The van der Waals surface area contributed by atoms with E-state index in [2.05, 4.69) is 46.3 Å². The summed E-state index contributed by atoms with van der Waals surface area (Å²) in [6, 6.07) is 8.34. The highest BCUT2D eigenvalue weighted by atomic mass is 16.5. The molecule has 1 fully saturated rings. The Kier molecular flexibility index (Phi) is 7.29. The molecule has 190 valence electrons. The van der Waals surface area contributed by atoms with Gasteiger partial charge in [-0.05, 0) is 50.7 Å². The lowest BCUT2D eigenvalue weighted by Crippen LogP contribution is -2.22. The molecule has 1 aromatic carbocycles. The molecule has 1 aliphatic rings. The van der Waals surface area contributed by atoms with Gasteiger partial charge in [-0.25, -0.2) is 14.5 Å². The highest BCUT2D eigenvalue weighted by molar-refractivity contribution is 5.92. The Bertz CT molecular complexity index is 1350. The monoisotopic (exact) mass is 490 g/mol. The second kappa shape index (κ2) is 10.8. The van der Waals surface area contributed by atoms with Crippen molar-refractivity contribution in [1.82, 2.24) is 24.6 Å². The van der Waals surface area contributed by atoms with Crippen LogP contribution in [0.2, 0.25) is 0 Å². The number of aromatic amines is 1. The lowest BCUT2D eigenvalue weighted by molar-refractivity contribution is -0.124. The minimum Gasteiger partial charge on any atom is -0.382 e. The van der Waals surface area contributed by atoms with Crippen molar-refractivity contribution in [2.45, 2.75) is 51.4 Å². The van der Waals surface area contributed by atoms with E-state index in [1.165, 1.54) is 11.9 Å². The highest BCUT2D eigenvalue weighted by Crippen LogP contribution is 2.39. The fourth-order valence-electron chi connectivity index (χ4n) is 5.34. The van der Waals surface area contributed by atoms with Gasteiger partial charge in [0.25, 0.3) is 0 Å². The average Bonchev–Trinajstić information content (AvgIpc) is 3.50. The summed E-state index contributed by atoms with van der Waals surface area (Å²) in [5.41, 5.74) is 11.0. The van der Waals surface area contributed by atoms with Gasteiger partial charge in [-0.15, -0.1) is 0 Å². The zero-order chi connectivity index (χ0) is 25.1. The van der Waals surface area contributed by atoms with Crippen LogP contribution in [0.25, 0.3) is 27.8 Å². The van der Waals surface area contributed by atoms with Crippen LogP contribution in [-0.2, 0) is 14.3 Å². The number of hydrogen-bond donors (Lipinski definition) is 2. The lowest BCUT2D eigenvalue weighted by Gasteiger charge is -2.26. The van der Waals surface area contributed by atoms with Crippen molar-refractivity contribution < 1.29 is 14.3 Å². The number of methoxy groups -OCH3 is 1. The summed E-state index contributed by atoms with van der Waals surface area (Å²) in [5.74, 6) is 1.97. The fraction of sp³-hybridized carbons (Fsp3) is 0.481. The first-order valence-corrected chi connectivity index (χ1v) is 12.7. The SMILES string of the molecule is COCCOCCCC(=O)C1CCC(c2nc(-c3cc4cccc(C)c4[nH]3)c3c(N)ncnn23)CC1. The van der Waals surface area contributed by atoms with E-state index in [0.29, 0.717) is 37.8 Å². The summed E-state index contributed by atoms with van der Waals surface area (Å²) in [7, 11) is 1.65. The van der Waals surface area contributed by atoms with Crippen LogP contribution in [0.15, 0.2) is 30.6 Å². The molecule has 3 heterocycles. The minimum atomic E-state index is 0.113. The number of rotatable bonds is 10. The topological polar surface area (TPSA) is 120 Å². The Morgan fingerprint density at radius 1 is 1.19 bits per heavy atom. The van der Waals surface area contributed by atoms with Gasteiger partial charge < -0.3 is 20.2 Å². The molecule has 0 aliphatic heterocycles. The molecule has 0 unspecified atom stereocenters. The number of nitrogens with two attached hydrogens (primary N) is 1. The summed E-state index contributed by atoms with van der Waals surface area (Å²) in [4.78, 5) is 25.6. The van der Waals surface area contributed by atoms with Crippen LogP contribution in [0, 0.1) is 12.8 Å². The van der Waals surface area contributed by atoms with Crippen molar-refractivity contribution in [3.63, 3.8) is 0 Å². The smallest absolute Gasteiger partial charge is 0.153 e. The van der Waals surface area contributed by atoms with Crippen molar-refractivity contribution in [3.8, 4) is 11.4 Å². The molecule has 0 amide bonds. The number of imidazole rings is 1. The zero-order valence-corrected chi connectivity index (χ0v) is 21.0. The van der Waals surface area contributed by atoms with Crippen LogP contribution in [0.5, 0.6) is 0 Å². The number of nitrogen functional groups attached to an aromatic ring is 1. The van der Waals surface area contributed by atoms with E-state index in [0.717, 1.165) is 65.7 Å². The van der Waals surface area contributed by atoms with Crippen LogP contribution >= 0.6 is 0 Å². The molecule has 0 bridgehead atoms. The predicted octanol–water partition coefficient (Wildman–Crippen LogP) is 4.45. The molecule has 9 heteroatoms. The van der Waals surface area contributed by atoms with Gasteiger partial charge in [0.15, 0.2) is 5.82 Å². The van der Waals surface area contributed by atoms with E-state index in [-0.39, 0.29) is 11.8 Å². The Morgan fingerprint density at radius 2 is 2.03 bits per heavy atom. The molecule has 1 aliphatic carbocycles. The largest absolute Gasteiger partial charge is 0.382 e. The minimum absolute atomic E-state index is 0.113. The van der Waals surface area contributed by atoms with Crippen LogP contribution in [-0.4, -0.2) is 57.3 Å². The van der Waals surface area contributed by atoms with Crippen LogP contribution in [0.4, 0.5) is 5.82 Å². The number of H-pyrrole nitrogens is 1. The number of hydrogen-bond acceptors (Lipinski definition) is 7. The van der Waals surface area contributed by atoms with E-state index in [1.807, 2.05) is 4.52 Å². The van der Waals surface area contributed by atoms with Gasteiger partial charge in [0, 0.05) is 42.9 Å². The molecule has 0 saturated heterocycles. The lowest BCUT2D eigenvalue weighted by atomic mass is 9.79. The van der Waals surface area contributed by atoms with Crippen molar-refractivity contribution in [2.24, 2.45) is 5.92 Å². The van der Waals surface area contributed by atoms with Gasteiger partial charge in [0.1, 0.15) is 29.1 Å². The van der Waals surface area contributed by atoms with Crippen LogP contribution < -0.4 is 5.73 Å². The van der Waals surface area contributed by atoms with Gasteiger partial charge in [0.2, 0.25) is 0 Å². The third-order valence-corrected chi connectivity index (χ3v) is 7.30. The quantitative estimate of drug-likeness (QED) is 0.315. The molecule has 9 nitrogen and oxygen atoms in total. The molecular formula is C27H34N6O3. The Labute approximate surface area is 210 Å². The van der Waals surface area contributed by atoms with Gasteiger partial charge in [-0.3, -0.25) is 4.79 Å². The van der Waals surface area contributed by atoms with Gasteiger partial charge in [-0.1, -0.05) is 18.2 Å². The number of fused-ring (bicyclic) bond motifs is 2. The summed E-state index contributed by atoms with van der Waals surface area (Å²) >= 11 is 0. The van der Waals surface area contributed by atoms with Crippen LogP contribution in [0.3, 0.4) is 0 Å². The predicted molar refractivity (Wildman–Crippen MR) is 139 cm³/mol. The van der Waals surface area contributed by atoms with E-state index in [9.17, 15) is 4.79 Å². The van der Waals surface area contributed by atoms with E-state index in [1.54, 1.807) is 7.11 Å². The standard InChI is InChI=1S/C27H34N6O3/c1-17-5-3-6-20-15-21(31-23(17)20)24-25-26(28)29-16-30-33(25)27(32-24)19-10-8-18(9-11-19)22(34)7-4-12-36-14-13-35-2/h3,5-6,15-16,18-19,31H,4,7-14H2,1-2H3,(H2,28,29,30). The summed E-state index contributed by atoms with van der Waals surface area (Å²) in [6.07, 6.45) is 6.34. The maximum Gasteiger partial charge on any atom is 0.153 e. The second-order valence-electron chi connectivity index (χ2n) is 9.67. The number of ether oxygens (including phenoxy) is 2. The molecule has 3 aromatic heterocycles. The Balaban J connectivity index is 1.31. The van der Waals surface area contributed by atoms with Gasteiger partial charge >= 0.3 is 0 Å². The second-order valence-corrected chi connectivity index (χ2v) is 9.67. The van der Waals surface area contributed by atoms with E-state index < -0.39 is 0 Å². The van der Waals surface area contributed by atoms with Gasteiger partial charge in [-0.2, -0.15) is 5.10 Å². The summed E-state index contributed by atoms with van der Waals surface area (Å²) < 4.78 is 12.3. The van der Waals surface area contributed by atoms with Crippen molar-refractivity contribution in [3.05, 3.63) is 42.0 Å². The average molecular weight is 491 g/mol. The number of carbonyl (C=O) groups is 1. The molecule has 3 N–H and O–H groups in total. The maximum absolute atomic E-state index is 12.7. The van der Waals surface area contributed by atoms with Crippen LogP contribution in [0.1, 0.15) is 55.8 Å². The maximum atomic E-state index is 12.7. The number of nitrogens with one attached hydrogen (secondary N) is 1. The van der Waals surface area contributed by atoms with Gasteiger partial charge in [0.05, 0.1) is 18.9 Å². The first kappa shape index (κ1) is 24.4. The summed E-state index contributed by atoms with van der Waals surface area (Å²) in [5, 5.41) is 5.65. The van der Waals surface area contributed by atoms with Crippen molar-refractivity contribution >= 4 is 28.0 Å². The number of aryl methyl sites for hydroxylation is 1. The molecule has 4 aromatic rings. The number of para-hydroxylation sites is 1. The molecule has 36 heavy (non-hydrogen) atoms. The number of aromatic nitrogens is 5. The van der Waals surface area contributed by atoms with Crippen molar-refractivity contribution in [1.29, 1.82) is 0 Å². The number of Topliss-reactive ketones (excluding diaryl/α,β-unsaturated/α-hetero) is 1. The van der Waals surface area contributed by atoms with Crippen molar-refractivity contribution in [2.75, 3.05) is 32.7 Å². The summed E-state index contributed by atoms with van der Waals surface area (Å²) in [6.45, 7) is 3.84. The van der Waals surface area contributed by atoms with E-state index >= 15 is 0 Å². The number of benzene rings is 1. The Hall–Kier alpha value is -3.30. The molecule has 0 atom stereocenters. The van der Waals surface area contributed by atoms with E-state index in [4.69, 9.17) is 20.2 Å². The fourth-order valence-corrected chi connectivity index (χ4v) is 5.34. The highest BCUT2D eigenvalue weighted by Gasteiger charge is 2.31.